The fourth-order valence-corrected chi connectivity index (χ4v) is 7.55. The zero-order valence-electron chi connectivity index (χ0n) is 29.8. The van der Waals surface area contributed by atoms with E-state index in [1.807, 2.05) is 78.9 Å². The summed E-state index contributed by atoms with van der Waals surface area (Å²) in [4.78, 5) is 76.3. The predicted octanol–water partition coefficient (Wildman–Crippen LogP) is 3.68. The van der Waals surface area contributed by atoms with Crippen LogP contribution in [0.4, 0.5) is 4.79 Å². The van der Waals surface area contributed by atoms with E-state index < -0.39 is 65.5 Å². The minimum absolute atomic E-state index is 0.121. The Balaban J connectivity index is 1.17. The quantitative estimate of drug-likeness (QED) is 0.128. The number of para-hydroxylation sites is 2. The smallest absolute Gasteiger partial charge is 0.408 e. The van der Waals surface area contributed by atoms with Crippen LogP contribution < -0.4 is 21.7 Å². The molecule has 0 unspecified atom stereocenters. The summed E-state index contributed by atoms with van der Waals surface area (Å²) in [5.74, 6) is -2.24. The lowest BCUT2D eigenvalue weighted by Crippen LogP contribution is -2.58. The van der Waals surface area contributed by atoms with Crippen LogP contribution in [-0.2, 0) is 43.2 Å². The lowest BCUT2D eigenvalue weighted by Gasteiger charge is -2.37. The average molecular weight is 718 g/mol. The van der Waals surface area contributed by atoms with E-state index >= 15 is 0 Å². The molecule has 5 amide bonds. The number of alkyl carbamates (subject to hydrolysis) is 1. The summed E-state index contributed by atoms with van der Waals surface area (Å²) >= 11 is 0. The number of nitrogens with one attached hydrogen (secondary N) is 5. The molecule has 1 fully saturated rings. The maximum Gasteiger partial charge on any atom is 0.408 e. The number of rotatable bonds is 10. The summed E-state index contributed by atoms with van der Waals surface area (Å²) in [6.07, 6.45) is 1.69. The van der Waals surface area contributed by atoms with Gasteiger partial charge in [0.05, 0.1) is 6.04 Å². The monoisotopic (exact) mass is 717 g/mol. The van der Waals surface area contributed by atoms with Crippen molar-refractivity contribution in [2.75, 3.05) is 0 Å². The normalized spacial score (nSPS) is 19.3. The molecule has 53 heavy (non-hydrogen) atoms. The van der Waals surface area contributed by atoms with Gasteiger partial charge < -0.3 is 41.3 Å². The molecule has 2 aliphatic rings. The highest BCUT2D eigenvalue weighted by atomic mass is 16.6. The number of aromatic amines is 2. The highest BCUT2D eigenvalue weighted by molar-refractivity contribution is 5.98. The Bertz CT molecular complexity index is 2200. The zero-order chi connectivity index (χ0) is 37.4. The van der Waals surface area contributed by atoms with Crippen molar-refractivity contribution in [2.45, 2.75) is 82.3 Å². The largest absolute Gasteiger partial charge is 0.444 e. The number of carbonyl (C=O) groups is 5. The van der Waals surface area contributed by atoms with Crippen LogP contribution in [0.5, 0.6) is 0 Å². The SMILES string of the molecule is CC(C)(C)OC(=O)N[C@H](Cc1c[nH]c2ccccc12)C(=O)N[C@H]1C[C@@H]2c3[nH]c4ccccc4c3C[C@@H](C(=O)N[C@@H](Cc3ccccc3)C(N)=O)N2C1=O. The summed E-state index contributed by atoms with van der Waals surface area (Å²) in [6.45, 7) is 5.19. The second kappa shape index (κ2) is 14.1. The minimum Gasteiger partial charge on any atom is -0.444 e. The molecule has 0 spiro atoms. The first-order valence-electron chi connectivity index (χ1n) is 17.8. The molecule has 5 aromatic rings. The van der Waals surface area contributed by atoms with Gasteiger partial charge in [-0.3, -0.25) is 19.2 Å². The van der Waals surface area contributed by atoms with Gasteiger partial charge in [-0.2, -0.15) is 0 Å². The van der Waals surface area contributed by atoms with Crippen LogP contribution in [-0.4, -0.2) is 74.4 Å². The molecule has 7 N–H and O–H groups in total. The first kappa shape index (κ1) is 35.3. The number of hydrogen-bond acceptors (Lipinski definition) is 6. The molecule has 13 heteroatoms. The van der Waals surface area contributed by atoms with E-state index in [1.165, 1.54) is 4.90 Å². The molecule has 7 rings (SSSR count). The van der Waals surface area contributed by atoms with Crippen LogP contribution >= 0.6 is 0 Å². The fraction of sp³-hybridized carbons (Fsp3) is 0.325. The van der Waals surface area contributed by atoms with Gasteiger partial charge in [0, 0.05) is 59.4 Å². The number of nitrogens with two attached hydrogens (primary N) is 1. The lowest BCUT2D eigenvalue weighted by molar-refractivity contribution is -0.142. The van der Waals surface area contributed by atoms with Crippen molar-refractivity contribution in [1.29, 1.82) is 0 Å². The Hall–Kier alpha value is -6.11. The molecule has 0 saturated carbocycles. The van der Waals surface area contributed by atoms with Crippen LogP contribution in [0, 0.1) is 0 Å². The Morgan fingerprint density at radius 3 is 2.28 bits per heavy atom. The Labute approximate surface area is 306 Å². The van der Waals surface area contributed by atoms with Crippen LogP contribution in [0.25, 0.3) is 21.8 Å². The maximum absolute atomic E-state index is 14.4. The molecule has 0 radical (unpaired) electrons. The topological polar surface area (TPSA) is 192 Å². The number of H-pyrrole nitrogens is 2. The van der Waals surface area contributed by atoms with Gasteiger partial charge in [0.2, 0.25) is 23.6 Å². The van der Waals surface area contributed by atoms with Crippen LogP contribution in [0.3, 0.4) is 0 Å². The number of primary amides is 1. The van der Waals surface area contributed by atoms with Gasteiger partial charge in [0.15, 0.2) is 0 Å². The second-order valence-electron chi connectivity index (χ2n) is 14.8. The van der Waals surface area contributed by atoms with E-state index in [1.54, 1.807) is 27.0 Å². The van der Waals surface area contributed by atoms with Crippen molar-refractivity contribution in [1.82, 2.24) is 30.8 Å². The number of benzene rings is 3. The summed E-state index contributed by atoms with van der Waals surface area (Å²) in [5, 5.41) is 10.3. The maximum atomic E-state index is 14.4. The Morgan fingerprint density at radius 1 is 0.887 bits per heavy atom. The highest BCUT2D eigenvalue weighted by Gasteiger charge is 2.51. The predicted molar refractivity (Wildman–Crippen MR) is 198 cm³/mol. The molecule has 3 aromatic carbocycles. The molecular weight excluding hydrogens is 674 g/mol. The van der Waals surface area contributed by atoms with Crippen molar-refractivity contribution in [3.63, 3.8) is 0 Å². The van der Waals surface area contributed by atoms with Crippen molar-refractivity contribution in [3.8, 4) is 0 Å². The van der Waals surface area contributed by atoms with Crippen molar-refractivity contribution < 1.29 is 28.7 Å². The molecule has 2 aromatic heterocycles. The van der Waals surface area contributed by atoms with E-state index in [4.69, 9.17) is 10.5 Å². The molecule has 4 heterocycles. The Morgan fingerprint density at radius 2 is 1.57 bits per heavy atom. The first-order chi connectivity index (χ1) is 25.4. The van der Waals surface area contributed by atoms with Crippen molar-refractivity contribution >= 4 is 51.5 Å². The van der Waals surface area contributed by atoms with E-state index in [0.717, 1.165) is 44.2 Å². The van der Waals surface area contributed by atoms with Crippen LogP contribution in [0.2, 0.25) is 0 Å². The number of ether oxygens (including phenoxy) is 1. The van der Waals surface area contributed by atoms with Gasteiger partial charge in [-0.1, -0.05) is 66.7 Å². The summed E-state index contributed by atoms with van der Waals surface area (Å²) < 4.78 is 5.49. The zero-order valence-corrected chi connectivity index (χ0v) is 29.8. The molecule has 13 nitrogen and oxygen atoms in total. The minimum atomic E-state index is -1.09. The number of nitrogens with zero attached hydrogens (tertiary/aromatic N) is 1. The third kappa shape index (κ3) is 7.32. The third-order valence-corrected chi connectivity index (χ3v) is 9.93. The molecular formula is C40H43N7O6. The number of carbonyl (C=O) groups excluding carboxylic acids is 5. The third-order valence-electron chi connectivity index (χ3n) is 9.93. The van der Waals surface area contributed by atoms with Gasteiger partial charge in [-0.25, -0.2) is 4.79 Å². The average Bonchev–Trinajstić information content (AvgIpc) is 3.80. The first-order valence-corrected chi connectivity index (χ1v) is 17.8. The van der Waals surface area contributed by atoms with E-state index in [2.05, 4.69) is 25.9 Å². The summed E-state index contributed by atoms with van der Waals surface area (Å²) in [7, 11) is 0. The van der Waals surface area contributed by atoms with Gasteiger partial charge in [-0.05, 0) is 49.6 Å². The Kier molecular flexibility index (Phi) is 9.41. The summed E-state index contributed by atoms with van der Waals surface area (Å²) in [5.41, 5.74) is 9.98. The van der Waals surface area contributed by atoms with Gasteiger partial charge >= 0.3 is 6.09 Å². The van der Waals surface area contributed by atoms with Crippen molar-refractivity contribution in [2.24, 2.45) is 5.73 Å². The molecule has 1 saturated heterocycles. The summed E-state index contributed by atoms with van der Waals surface area (Å²) in [6, 6.07) is 19.9. The van der Waals surface area contributed by atoms with Crippen LogP contribution in [0.15, 0.2) is 85.1 Å². The van der Waals surface area contributed by atoms with E-state index in [9.17, 15) is 24.0 Å². The lowest BCUT2D eigenvalue weighted by atomic mass is 9.91. The molecule has 274 valence electrons. The van der Waals surface area contributed by atoms with E-state index in [-0.39, 0.29) is 25.7 Å². The van der Waals surface area contributed by atoms with Crippen LogP contribution in [0.1, 0.15) is 55.6 Å². The van der Waals surface area contributed by atoms with Gasteiger partial charge in [0.1, 0.15) is 29.8 Å². The second-order valence-corrected chi connectivity index (χ2v) is 14.8. The molecule has 5 atom stereocenters. The molecule has 0 bridgehead atoms. The molecule has 2 aliphatic heterocycles. The number of aromatic nitrogens is 2. The van der Waals surface area contributed by atoms with Crippen molar-refractivity contribution in [3.05, 3.63) is 107 Å². The van der Waals surface area contributed by atoms with E-state index in [0.29, 0.717) is 0 Å². The van der Waals surface area contributed by atoms with Gasteiger partial charge in [-0.15, -0.1) is 0 Å². The fourth-order valence-electron chi connectivity index (χ4n) is 7.55. The number of fused-ring (bicyclic) bond motifs is 6. The molecule has 0 aliphatic carbocycles. The number of hydrogen-bond donors (Lipinski definition) is 6. The van der Waals surface area contributed by atoms with Gasteiger partial charge in [0.25, 0.3) is 0 Å². The standard InChI is InChI=1S/C40H43N7O6/c1-40(2,3)53-39(52)46-30(18-23-21-42-27-15-9-7-13-24(23)27)36(49)45-31-20-32-34-26(25-14-8-10-16-28(25)43-34)19-33(47(32)38(31)51)37(50)44-29(35(41)48)17-22-11-5-4-6-12-22/h4-16,21,29-33,42-43H,17-20H2,1-3H3,(H2,41,48)(H,44,50)(H,45,49)(H,46,52)/t29-,30+,31-,32+,33-/m0/s1. The highest BCUT2D eigenvalue weighted by Crippen LogP contribution is 2.43. The number of amides is 5.